The zero-order valence-corrected chi connectivity index (χ0v) is 71.6. The van der Waals surface area contributed by atoms with Gasteiger partial charge in [0.1, 0.15) is 41.7 Å². The highest BCUT2D eigenvalue weighted by atomic mass is 19.1. The predicted octanol–water partition coefficient (Wildman–Crippen LogP) is 16.1. The molecule has 19 atom stereocenters. The molecular formula is C92H129F2N9O12. The number of aliphatic hydroxyl groups is 2. The number of esters is 2. The van der Waals surface area contributed by atoms with Crippen LogP contribution in [0.3, 0.4) is 0 Å². The molecule has 0 bridgehead atoms. The van der Waals surface area contributed by atoms with Crippen LogP contribution in [-0.4, -0.2) is 123 Å². The zero-order valence-electron chi connectivity index (χ0n) is 71.6. The van der Waals surface area contributed by atoms with Gasteiger partial charge in [-0.1, -0.05) is 96.9 Å². The lowest BCUT2D eigenvalue weighted by atomic mass is 9.33. The standard InChI is InChI=1S/C92H129F2N9O12/c1-50(2)69-59(104)45-91(37-35-87(14)55(71(69)91)21-25-63-85(12)31-29-65(114-67(106)47-81(5,6)79(110)111)82(7,8)61(85)27-33-89(63,87)16)73(108)77-100-98-75(102(77)41-39-95)52-19-23-57(94)53(43-52)44-84(11,80(112)113)48-68(107)115-66-30-32-86(13)62(83(66,9)10)28-34-90(17)64(86)26-22-56-72-70(51(3)4)60(105)46-92(72,38-36-88(56,90)15)74(109)78-101-99-76(103(78)42-40-96-18)58-24-20-54(93)49-97-58/h19-20,23-24,43,49-51,55-56,61-66,73-74,96,108-109H,21-22,25-42,44-48,95H2,1-18H3,(H,110,111)(H,112,113)/t55-,56-,61?,62+,63?,64?,65+,66+,73-,74+,84?,85+,86+,87-,88-,89-,90-,91-,92-/m1/s1. The first kappa shape index (κ1) is 84.5. The quantitative estimate of drug-likeness (QED) is 0.0376. The Labute approximate surface area is 678 Å². The molecule has 0 saturated heterocycles. The van der Waals surface area contributed by atoms with Crippen molar-refractivity contribution in [1.29, 1.82) is 0 Å². The van der Waals surface area contributed by atoms with Crippen molar-refractivity contribution in [2.75, 3.05) is 20.1 Å². The Hall–Kier alpha value is -6.95. The van der Waals surface area contributed by atoms with E-state index in [1.807, 2.05) is 11.6 Å². The van der Waals surface area contributed by atoms with Crippen LogP contribution in [0.25, 0.3) is 22.9 Å². The minimum Gasteiger partial charge on any atom is -0.481 e. The first-order chi connectivity index (χ1) is 53.8. The number of aliphatic hydroxyl groups excluding tert-OH is 2. The number of nitrogens with two attached hydrogens (primary N) is 1. The summed E-state index contributed by atoms with van der Waals surface area (Å²) in [4.78, 5) is 88.0. The number of nitrogens with one attached hydrogen (secondary N) is 1. The van der Waals surface area contributed by atoms with Gasteiger partial charge in [0, 0.05) is 66.2 Å². The molecule has 23 heteroatoms. The van der Waals surface area contributed by atoms with Gasteiger partial charge in [-0.15, -0.1) is 20.4 Å². The number of pyridine rings is 1. The van der Waals surface area contributed by atoms with Gasteiger partial charge in [0.2, 0.25) is 0 Å². The molecule has 4 unspecified atom stereocenters. The molecule has 3 aromatic heterocycles. The Bertz CT molecular complexity index is 4620. The number of nitrogens with zero attached hydrogens (tertiary/aromatic N) is 7. The molecule has 10 aliphatic rings. The first-order valence-corrected chi connectivity index (χ1v) is 43.2. The van der Waals surface area contributed by atoms with Crippen LogP contribution in [-0.2, 0) is 57.8 Å². The fourth-order valence-corrected chi connectivity index (χ4v) is 28.3. The number of allylic oxidation sites excluding steroid dienone is 2. The molecule has 0 amide bonds. The number of likely N-dealkylation sites (N-methyl/N-ethyl adjacent to an activating group) is 1. The van der Waals surface area contributed by atoms with Crippen LogP contribution in [0.5, 0.6) is 0 Å². The molecule has 8 saturated carbocycles. The van der Waals surface area contributed by atoms with Crippen LogP contribution in [0, 0.1) is 124 Å². The molecule has 115 heavy (non-hydrogen) atoms. The molecular weight excluding hydrogens is 1460 g/mol. The fourth-order valence-electron chi connectivity index (χ4n) is 28.3. The Balaban J connectivity index is 0.674. The number of hydrogen-bond acceptors (Lipinski definition) is 17. The van der Waals surface area contributed by atoms with E-state index in [9.17, 15) is 53.6 Å². The summed E-state index contributed by atoms with van der Waals surface area (Å²) in [7, 11) is 1.85. The molecule has 628 valence electrons. The average molecular weight is 1590 g/mol. The summed E-state index contributed by atoms with van der Waals surface area (Å²) >= 11 is 0. The number of carboxylic acid groups (broad SMARTS) is 2. The molecule has 21 nitrogen and oxygen atoms in total. The SMILES string of the molecule is CNCCn1c(-c2ccc(F)cn2)nnc1[C@H](O)[C@@]12CC[C@]3(C)[C@H](CCC4[C@@]5(C)CC[C@H](OC(=O)CC(C)(Cc6cc(-c7nnc([C@@H](O)[C@@]89CC[C@]%10(C)[C@H](CCC%11[C@@]%12(C)CC[C@H](OC(=O)CC(C)(C)C(=O)O)C(C)(C)C%12CC[C@]%11%10C)C8=C(C(C)C)C(=O)C9)n7CCN)ccc6F)C(=O)O)C(C)(C)[C@@H]5CC[C@]43C)C1=C(C(C)C)C(=O)C2. The minimum absolute atomic E-state index is 0.00326. The third-order valence-corrected chi connectivity index (χ3v) is 34.5. The van der Waals surface area contributed by atoms with Crippen LogP contribution in [0.15, 0.2) is 58.8 Å². The van der Waals surface area contributed by atoms with Crippen LogP contribution in [0.4, 0.5) is 8.78 Å². The van der Waals surface area contributed by atoms with Crippen LogP contribution < -0.4 is 11.1 Å². The fraction of sp³-hybridized carbons (Fsp3) is 0.728. The summed E-state index contributed by atoms with van der Waals surface area (Å²) in [5, 5.41) is 69.6. The van der Waals surface area contributed by atoms with Gasteiger partial charge >= 0.3 is 23.9 Å². The van der Waals surface area contributed by atoms with Gasteiger partial charge < -0.3 is 50.1 Å². The molecule has 7 N–H and O–H groups in total. The van der Waals surface area contributed by atoms with E-state index in [1.165, 1.54) is 19.1 Å². The molecule has 4 aromatic rings. The maximum atomic E-state index is 16.6. The molecule has 0 spiro atoms. The summed E-state index contributed by atoms with van der Waals surface area (Å²) in [5.41, 5.74) is 3.99. The van der Waals surface area contributed by atoms with E-state index in [1.54, 1.807) is 36.6 Å². The molecule has 0 radical (unpaired) electrons. The summed E-state index contributed by atoms with van der Waals surface area (Å²) in [6.07, 6.45) is 9.53. The minimum atomic E-state index is -1.82. The molecule has 0 aliphatic heterocycles. The van der Waals surface area contributed by atoms with Crippen molar-refractivity contribution in [3.63, 3.8) is 0 Å². The molecule has 3 heterocycles. The summed E-state index contributed by atoms with van der Waals surface area (Å²) in [6, 6.07) is 7.28. The van der Waals surface area contributed by atoms with E-state index in [-0.39, 0.29) is 153 Å². The van der Waals surface area contributed by atoms with Gasteiger partial charge in [-0.2, -0.15) is 0 Å². The lowest BCUT2D eigenvalue weighted by Gasteiger charge is -2.72. The lowest BCUT2D eigenvalue weighted by molar-refractivity contribution is -0.235. The normalized spacial score (nSPS) is 35.7. The second-order valence-corrected chi connectivity index (χ2v) is 41.9. The van der Waals surface area contributed by atoms with E-state index in [0.29, 0.717) is 67.6 Å². The van der Waals surface area contributed by atoms with Gasteiger partial charge in [-0.3, -0.25) is 28.8 Å². The number of fused-ring (bicyclic) bond motifs is 14. The second kappa shape index (κ2) is 29.2. The zero-order chi connectivity index (χ0) is 83.6. The Kier molecular flexibility index (Phi) is 21.5. The topological polar surface area (TPSA) is 314 Å². The molecule has 1 aromatic carbocycles. The summed E-state index contributed by atoms with van der Waals surface area (Å²) < 4.78 is 47.3. The maximum Gasteiger partial charge on any atom is 0.310 e. The largest absolute Gasteiger partial charge is 0.481 e. The number of carbonyl (C=O) groups excluding carboxylic acids is 4. The number of carboxylic acids is 2. The maximum absolute atomic E-state index is 16.6. The second-order valence-electron chi connectivity index (χ2n) is 41.9. The van der Waals surface area contributed by atoms with Gasteiger partial charge in [0.05, 0.1) is 29.9 Å². The van der Waals surface area contributed by atoms with Crippen molar-refractivity contribution in [3.8, 4) is 22.9 Å². The highest BCUT2D eigenvalue weighted by Gasteiger charge is 2.74. The van der Waals surface area contributed by atoms with E-state index >= 15 is 4.39 Å². The van der Waals surface area contributed by atoms with Gasteiger partial charge in [-0.25, -0.2) is 13.8 Å². The van der Waals surface area contributed by atoms with E-state index in [0.717, 1.165) is 106 Å². The van der Waals surface area contributed by atoms with Crippen LogP contribution >= 0.6 is 0 Å². The number of carbonyl (C=O) groups is 6. The van der Waals surface area contributed by atoms with E-state index in [2.05, 4.69) is 117 Å². The number of halogens is 2. The third-order valence-electron chi connectivity index (χ3n) is 34.5. The Morgan fingerprint density at radius 1 is 0.583 bits per heavy atom. The molecule has 8 fully saturated rings. The summed E-state index contributed by atoms with van der Waals surface area (Å²) in [5.74, 6) is -2.53. The van der Waals surface area contributed by atoms with Crippen molar-refractivity contribution >= 4 is 35.4 Å². The van der Waals surface area contributed by atoms with Crippen LogP contribution in [0.1, 0.15) is 276 Å². The Morgan fingerprint density at radius 2 is 1.06 bits per heavy atom. The van der Waals surface area contributed by atoms with E-state index < -0.39 is 87.3 Å². The number of rotatable bonds is 23. The first-order valence-electron chi connectivity index (χ1n) is 43.2. The number of aliphatic carboxylic acids is 2. The van der Waals surface area contributed by atoms with Gasteiger partial charge in [0.25, 0.3) is 0 Å². The average Bonchev–Trinajstić information content (AvgIpc) is 1.66. The van der Waals surface area contributed by atoms with Crippen molar-refractivity contribution in [2.24, 2.45) is 118 Å². The smallest absolute Gasteiger partial charge is 0.310 e. The number of Topliss-reactive ketones (excluding diaryl/α,β-unsaturated/α-hetero) is 2. The van der Waals surface area contributed by atoms with Gasteiger partial charge in [0.15, 0.2) is 34.9 Å². The van der Waals surface area contributed by atoms with E-state index in [4.69, 9.17) is 25.4 Å². The number of aromatic nitrogens is 7. The lowest BCUT2D eigenvalue weighted by Crippen LogP contribution is -2.66. The van der Waals surface area contributed by atoms with Crippen molar-refractivity contribution in [1.82, 2.24) is 39.8 Å². The highest BCUT2D eigenvalue weighted by molar-refractivity contribution is 6.01. The monoisotopic (exact) mass is 1590 g/mol. The Morgan fingerprint density at radius 3 is 1.50 bits per heavy atom. The van der Waals surface area contributed by atoms with Gasteiger partial charge in [-0.05, 0) is 275 Å². The van der Waals surface area contributed by atoms with Crippen molar-refractivity contribution in [2.45, 2.75) is 290 Å². The van der Waals surface area contributed by atoms with Crippen molar-refractivity contribution < 1.29 is 67.4 Å². The third kappa shape index (κ3) is 12.8. The highest BCUT2D eigenvalue weighted by Crippen LogP contribution is 2.80. The number of hydrogen-bond donors (Lipinski definition) is 6. The van der Waals surface area contributed by atoms with Crippen LogP contribution in [0.2, 0.25) is 0 Å². The van der Waals surface area contributed by atoms with Crippen molar-refractivity contribution in [3.05, 3.63) is 87.7 Å². The predicted molar refractivity (Wildman–Crippen MR) is 430 cm³/mol. The number of ketones is 2. The number of benzene rings is 1. The summed E-state index contributed by atoms with van der Waals surface area (Å²) in [6.45, 7) is 37.7. The molecule has 14 rings (SSSR count). The molecule has 10 aliphatic carbocycles. The number of ether oxygens (including phenoxy) is 2.